The number of nitrogens with zero attached hydrogens (tertiary/aromatic N) is 1. The van der Waals surface area contributed by atoms with Gasteiger partial charge in [-0.15, -0.1) is 12.4 Å². The van der Waals surface area contributed by atoms with Crippen molar-refractivity contribution in [2.75, 3.05) is 26.2 Å². The number of hydrogen-bond donors (Lipinski definition) is 3. The highest BCUT2D eigenvalue weighted by Gasteiger charge is 2.32. The molecule has 12 heteroatoms. The Morgan fingerprint density at radius 2 is 2.06 bits per heavy atom. The number of rotatable bonds is 7. The zero-order chi connectivity index (χ0) is 22.9. The van der Waals surface area contributed by atoms with E-state index in [1.165, 1.54) is 22.6 Å². The van der Waals surface area contributed by atoms with Crippen molar-refractivity contribution in [3.05, 3.63) is 34.7 Å². The molecule has 0 spiro atoms. The zero-order valence-corrected chi connectivity index (χ0v) is 20.0. The van der Waals surface area contributed by atoms with Crippen molar-refractivity contribution in [2.24, 2.45) is 0 Å². The summed E-state index contributed by atoms with van der Waals surface area (Å²) < 4.78 is 38.6. The van der Waals surface area contributed by atoms with Crippen LogP contribution in [0.25, 0.3) is 21.8 Å². The molecule has 0 radical (unpaired) electrons. The third kappa shape index (κ3) is 4.72. The van der Waals surface area contributed by atoms with Gasteiger partial charge in [-0.1, -0.05) is 13.8 Å². The molecule has 3 N–H and O–H groups in total. The number of benzene rings is 1. The van der Waals surface area contributed by atoms with Gasteiger partial charge in [0.25, 0.3) is 5.56 Å². The average Bonchev–Trinajstić information content (AvgIpc) is 3.43. The second-order valence-corrected chi connectivity index (χ2v) is 9.51. The molecule has 1 unspecified atom stereocenters. The van der Waals surface area contributed by atoms with E-state index in [4.69, 9.17) is 9.47 Å². The first-order chi connectivity index (χ1) is 15.4. The molecule has 0 aliphatic carbocycles. The zero-order valence-electron chi connectivity index (χ0n) is 18.3. The molecule has 1 atom stereocenters. The Morgan fingerprint density at radius 1 is 1.27 bits per heavy atom. The standard InChI is InChI=1S/C21H26N4O6S.ClH/c1-3-9-30-21(27)31-17-12-23-19-18(17)15-10-14(5-6-16(15)24-20(19)26)32(28,29)25(4-2)13-7-8-22-11-13;/h5-6,10,12-13,22-23H,3-4,7-9,11H2,1-2H3,(H,24,26);1H. The lowest BCUT2D eigenvalue weighted by Gasteiger charge is -2.26. The van der Waals surface area contributed by atoms with E-state index in [-0.39, 0.29) is 41.2 Å². The minimum Gasteiger partial charge on any atom is -0.434 e. The Bertz CT molecular complexity index is 1310. The number of ether oxygens (including phenoxy) is 2. The normalized spacial score (nSPS) is 16.3. The molecule has 1 aliphatic rings. The van der Waals surface area contributed by atoms with Gasteiger partial charge >= 0.3 is 6.16 Å². The molecule has 10 nitrogen and oxygen atoms in total. The number of carbonyl (C=O) groups excluding carboxylic acids is 1. The molecule has 33 heavy (non-hydrogen) atoms. The van der Waals surface area contributed by atoms with Crippen LogP contribution in [-0.2, 0) is 14.8 Å². The van der Waals surface area contributed by atoms with Crippen LogP contribution in [0.5, 0.6) is 5.75 Å². The summed E-state index contributed by atoms with van der Waals surface area (Å²) in [4.78, 5) is 30.1. The van der Waals surface area contributed by atoms with Crippen LogP contribution in [0.4, 0.5) is 4.79 Å². The second-order valence-electron chi connectivity index (χ2n) is 7.62. The van der Waals surface area contributed by atoms with Crippen LogP contribution >= 0.6 is 12.4 Å². The molecule has 1 fully saturated rings. The van der Waals surface area contributed by atoms with Gasteiger partial charge in [0, 0.05) is 36.2 Å². The number of aromatic amines is 2. The van der Waals surface area contributed by atoms with Gasteiger partial charge in [0.15, 0.2) is 5.75 Å². The number of halogens is 1. The molecule has 2 aromatic heterocycles. The third-order valence-electron chi connectivity index (χ3n) is 5.56. The molecule has 0 amide bonds. The molecule has 0 saturated carbocycles. The predicted molar refractivity (Wildman–Crippen MR) is 127 cm³/mol. The fourth-order valence-corrected chi connectivity index (χ4v) is 5.76. The monoisotopic (exact) mass is 498 g/mol. The molecular formula is C21H27ClN4O6S. The van der Waals surface area contributed by atoms with Crippen molar-refractivity contribution in [3.8, 4) is 5.75 Å². The first kappa shape index (κ1) is 25.0. The first-order valence-electron chi connectivity index (χ1n) is 10.6. The van der Waals surface area contributed by atoms with Crippen molar-refractivity contribution in [2.45, 2.75) is 37.6 Å². The maximum absolute atomic E-state index is 13.4. The smallest absolute Gasteiger partial charge is 0.434 e. The first-order valence-corrected chi connectivity index (χ1v) is 12.0. The maximum atomic E-state index is 13.4. The van der Waals surface area contributed by atoms with Gasteiger partial charge < -0.3 is 24.8 Å². The topological polar surface area (TPSA) is 134 Å². The van der Waals surface area contributed by atoms with Gasteiger partial charge in [-0.25, -0.2) is 13.2 Å². The summed E-state index contributed by atoms with van der Waals surface area (Å²) in [5.41, 5.74) is 0.197. The van der Waals surface area contributed by atoms with E-state index in [0.717, 1.165) is 13.0 Å². The Balaban J connectivity index is 0.00000306. The lowest BCUT2D eigenvalue weighted by Crippen LogP contribution is -2.41. The SMILES string of the molecule is CCCOC(=O)Oc1c[nH]c2c(=O)[nH]c3ccc(S(=O)(=O)N(CC)C4CCNC4)cc3c12.Cl. The van der Waals surface area contributed by atoms with Crippen LogP contribution < -0.4 is 15.6 Å². The summed E-state index contributed by atoms with van der Waals surface area (Å²) in [6, 6.07) is 4.42. The van der Waals surface area contributed by atoms with Gasteiger partial charge in [0.2, 0.25) is 10.0 Å². The van der Waals surface area contributed by atoms with Crippen molar-refractivity contribution in [1.29, 1.82) is 0 Å². The van der Waals surface area contributed by atoms with E-state index in [1.807, 2.05) is 13.8 Å². The van der Waals surface area contributed by atoms with Crippen molar-refractivity contribution in [1.82, 2.24) is 19.6 Å². The number of nitrogens with one attached hydrogen (secondary N) is 3. The molecule has 4 rings (SSSR count). The highest BCUT2D eigenvalue weighted by Crippen LogP contribution is 2.33. The lowest BCUT2D eigenvalue weighted by molar-refractivity contribution is 0.0997. The van der Waals surface area contributed by atoms with Crippen LogP contribution in [0.1, 0.15) is 26.7 Å². The summed E-state index contributed by atoms with van der Waals surface area (Å²) in [5, 5.41) is 3.96. The van der Waals surface area contributed by atoms with E-state index >= 15 is 0 Å². The number of carbonyl (C=O) groups is 1. The van der Waals surface area contributed by atoms with Gasteiger partial charge in [0.05, 0.1) is 16.9 Å². The van der Waals surface area contributed by atoms with Gasteiger partial charge in [-0.3, -0.25) is 4.79 Å². The largest absolute Gasteiger partial charge is 0.513 e. The fraction of sp³-hybridized carbons (Fsp3) is 0.429. The Morgan fingerprint density at radius 3 is 2.73 bits per heavy atom. The maximum Gasteiger partial charge on any atom is 0.513 e. The highest BCUT2D eigenvalue weighted by atomic mass is 35.5. The van der Waals surface area contributed by atoms with Crippen LogP contribution in [0, 0.1) is 0 Å². The summed E-state index contributed by atoms with van der Waals surface area (Å²) in [5.74, 6) is 0.0964. The molecule has 1 aliphatic heterocycles. The van der Waals surface area contributed by atoms with E-state index in [9.17, 15) is 18.0 Å². The number of likely N-dealkylation sites (N-methyl/N-ethyl adjacent to an activating group) is 1. The Hall–Kier alpha value is -2.60. The average molecular weight is 499 g/mol. The number of aromatic nitrogens is 2. The predicted octanol–water partition coefficient (Wildman–Crippen LogP) is 2.73. The molecule has 3 heterocycles. The van der Waals surface area contributed by atoms with E-state index < -0.39 is 21.7 Å². The van der Waals surface area contributed by atoms with Crippen molar-refractivity contribution in [3.63, 3.8) is 0 Å². The van der Waals surface area contributed by atoms with Crippen LogP contribution in [0.3, 0.4) is 0 Å². The Labute approximate surface area is 197 Å². The number of fused-ring (bicyclic) bond motifs is 3. The minimum absolute atomic E-state index is 0. The second kappa shape index (κ2) is 10.1. The number of hydrogen-bond acceptors (Lipinski definition) is 7. The third-order valence-corrected chi connectivity index (χ3v) is 7.58. The summed E-state index contributed by atoms with van der Waals surface area (Å²) in [7, 11) is -3.78. The molecule has 3 aromatic rings. The van der Waals surface area contributed by atoms with E-state index in [1.54, 1.807) is 6.07 Å². The van der Waals surface area contributed by atoms with Crippen LogP contribution in [0.15, 0.2) is 34.1 Å². The fourth-order valence-electron chi connectivity index (χ4n) is 4.07. The lowest BCUT2D eigenvalue weighted by atomic mass is 10.1. The van der Waals surface area contributed by atoms with Crippen molar-refractivity contribution >= 4 is 50.4 Å². The Kier molecular flexibility index (Phi) is 7.68. The summed E-state index contributed by atoms with van der Waals surface area (Å²) >= 11 is 0. The van der Waals surface area contributed by atoms with Crippen LogP contribution in [0.2, 0.25) is 0 Å². The minimum atomic E-state index is -3.78. The summed E-state index contributed by atoms with van der Waals surface area (Å²) in [6.45, 7) is 5.59. The van der Waals surface area contributed by atoms with Gasteiger partial charge in [0.1, 0.15) is 5.52 Å². The van der Waals surface area contributed by atoms with E-state index in [2.05, 4.69) is 15.3 Å². The quantitative estimate of drug-likeness (QED) is 0.426. The number of sulfonamides is 1. The van der Waals surface area contributed by atoms with Crippen LogP contribution in [-0.4, -0.2) is 61.1 Å². The molecular weight excluding hydrogens is 472 g/mol. The number of pyridine rings is 1. The van der Waals surface area contributed by atoms with Crippen molar-refractivity contribution < 1.29 is 22.7 Å². The number of H-pyrrole nitrogens is 2. The highest BCUT2D eigenvalue weighted by molar-refractivity contribution is 7.89. The molecule has 1 aromatic carbocycles. The summed E-state index contributed by atoms with van der Waals surface area (Å²) in [6.07, 6.45) is 1.87. The van der Waals surface area contributed by atoms with Gasteiger partial charge in [-0.2, -0.15) is 4.31 Å². The van der Waals surface area contributed by atoms with Gasteiger partial charge in [-0.05, 0) is 37.6 Å². The molecule has 1 saturated heterocycles. The molecule has 0 bridgehead atoms. The van der Waals surface area contributed by atoms with E-state index in [0.29, 0.717) is 35.8 Å². The molecule has 180 valence electrons.